The summed E-state index contributed by atoms with van der Waals surface area (Å²) in [6.07, 6.45) is -1.49. The van der Waals surface area contributed by atoms with Crippen molar-refractivity contribution in [1.29, 1.82) is 0 Å². The SMILES string of the molecule is [B]OC(=O)[C@@H](O/N=C(\C(=O)C[C@@H]1C(=O)N2C[C@@](C(=O)O[B])(N3CCN(N)C3=O)S[C@H]12)c1csc(C)n1)C(C)C. The molecule has 4 rings (SSSR count). The quantitative estimate of drug-likeness (QED) is 0.0930. The largest absolute Gasteiger partial charge is 0.541 e. The lowest BCUT2D eigenvalue weighted by Gasteiger charge is -2.40. The molecule has 4 heterocycles. The van der Waals surface area contributed by atoms with Crippen molar-refractivity contribution in [3.05, 3.63) is 16.1 Å². The van der Waals surface area contributed by atoms with E-state index in [4.69, 9.17) is 26.8 Å². The first-order chi connectivity index (χ1) is 18.4. The van der Waals surface area contributed by atoms with E-state index in [0.717, 1.165) is 16.8 Å². The van der Waals surface area contributed by atoms with Gasteiger partial charge in [-0.3, -0.25) is 24.3 Å². The molecular formula is C21H24B2N6O8S2. The minimum absolute atomic E-state index is 0.120. The first-order valence-electron chi connectivity index (χ1n) is 11.8. The summed E-state index contributed by atoms with van der Waals surface area (Å²) >= 11 is 2.27. The van der Waals surface area contributed by atoms with Gasteiger partial charge in [0.25, 0.3) is 0 Å². The van der Waals surface area contributed by atoms with E-state index < -0.39 is 51.9 Å². The number of carbonyl (C=O) groups excluding carboxylic acids is 5. The van der Waals surface area contributed by atoms with Crippen molar-refractivity contribution in [2.24, 2.45) is 22.8 Å². The van der Waals surface area contributed by atoms with Crippen LogP contribution >= 0.6 is 23.1 Å². The topological polar surface area (TPSA) is 174 Å². The molecule has 18 heteroatoms. The minimum atomic E-state index is -1.61. The molecule has 4 atom stereocenters. The van der Waals surface area contributed by atoms with Crippen molar-refractivity contribution in [3.63, 3.8) is 0 Å². The second kappa shape index (κ2) is 11.2. The lowest BCUT2D eigenvalue weighted by molar-refractivity contribution is -0.153. The van der Waals surface area contributed by atoms with Crippen molar-refractivity contribution in [3.8, 4) is 0 Å². The van der Waals surface area contributed by atoms with Crippen LogP contribution in [0.3, 0.4) is 0 Å². The number of aryl methyl sites for hydroxylation is 1. The second-order valence-corrected chi connectivity index (χ2v) is 11.9. The van der Waals surface area contributed by atoms with E-state index >= 15 is 0 Å². The van der Waals surface area contributed by atoms with Gasteiger partial charge in [-0.2, -0.15) is 0 Å². The molecule has 3 aliphatic heterocycles. The Morgan fingerprint density at radius 3 is 2.51 bits per heavy atom. The number of thiazole rings is 1. The highest BCUT2D eigenvalue weighted by Crippen LogP contribution is 2.53. The summed E-state index contributed by atoms with van der Waals surface area (Å²) in [6.45, 7) is 5.21. The van der Waals surface area contributed by atoms with E-state index in [1.165, 1.54) is 21.1 Å². The van der Waals surface area contributed by atoms with E-state index in [2.05, 4.69) is 19.4 Å². The molecule has 2 N–H and O–H groups in total. The Kier molecular flexibility index (Phi) is 8.27. The van der Waals surface area contributed by atoms with Gasteiger partial charge in [0.2, 0.25) is 16.9 Å². The molecule has 3 aliphatic rings. The van der Waals surface area contributed by atoms with Crippen LogP contribution in [0.1, 0.15) is 31.0 Å². The minimum Gasteiger partial charge on any atom is -0.541 e. The molecule has 204 valence electrons. The molecule has 3 amide bonds. The summed E-state index contributed by atoms with van der Waals surface area (Å²) in [7, 11) is 10.2. The predicted octanol–water partition coefficient (Wildman–Crippen LogP) is -0.752. The van der Waals surface area contributed by atoms with Crippen LogP contribution in [-0.2, 0) is 33.3 Å². The van der Waals surface area contributed by atoms with Crippen molar-refractivity contribution in [1.82, 2.24) is 19.8 Å². The molecule has 0 bridgehead atoms. The van der Waals surface area contributed by atoms with Crippen LogP contribution < -0.4 is 5.84 Å². The maximum atomic E-state index is 13.4. The first-order valence-corrected chi connectivity index (χ1v) is 13.5. The van der Waals surface area contributed by atoms with Gasteiger partial charge < -0.3 is 19.0 Å². The summed E-state index contributed by atoms with van der Waals surface area (Å²) < 4.78 is 8.77. The predicted molar refractivity (Wildman–Crippen MR) is 139 cm³/mol. The number of nitrogens with two attached hydrogens (primary N) is 1. The Hall–Kier alpha value is -3.11. The number of rotatable bonds is 10. The van der Waals surface area contributed by atoms with Gasteiger partial charge in [-0.25, -0.2) is 20.4 Å². The molecule has 1 aromatic rings. The van der Waals surface area contributed by atoms with Gasteiger partial charge in [-0.15, -0.1) is 11.3 Å². The number of hydrogen-bond acceptors (Lipinski definition) is 13. The highest BCUT2D eigenvalue weighted by Gasteiger charge is 2.66. The summed E-state index contributed by atoms with van der Waals surface area (Å²) in [4.78, 5) is 74.6. The first kappa shape index (κ1) is 28.9. The molecule has 14 nitrogen and oxygen atoms in total. The third-order valence-electron chi connectivity index (χ3n) is 6.60. The van der Waals surface area contributed by atoms with Gasteiger partial charge in [0, 0.05) is 24.3 Å². The molecule has 3 saturated heterocycles. The summed E-state index contributed by atoms with van der Waals surface area (Å²) in [5.41, 5.74) is 0.0192. The number of carbonyl (C=O) groups is 5. The third kappa shape index (κ3) is 5.12. The monoisotopic (exact) mass is 574 g/mol. The average molecular weight is 574 g/mol. The number of nitrogens with zero attached hydrogens (tertiary/aromatic N) is 5. The number of thioether (sulfide) groups is 1. The standard InChI is InChI=1S/C21H24B2N6O8S2/c1-9(2)15(18(32)35-22)37-26-14(12-7-38-10(3)25-12)13(30)6-11-16(31)27-8-21(19(33)36-23,39-17(11)27)28-4-5-29(24)20(28)34/h7,9,11,15,17H,4-6,8,24H2,1-3H3/b26-14-/t11-,15+,17-,21-/m1/s1. The fraction of sp³-hybridized carbons (Fsp3) is 0.571. The molecule has 0 saturated carbocycles. The molecule has 0 aromatic carbocycles. The zero-order valence-electron chi connectivity index (χ0n) is 21.3. The Morgan fingerprint density at radius 2 is 1.97 bits per heavy atom. The van der Waals surface area contributed by atoms with Crippen LogP contribution in [-0.4, -0.2) is 107 Å². The van der Waals surface area contributed by atoms with Crippen LogP contribution in [0.15, 0.2) is 10.5 Å². The molecule has 0 spiro atoms. The lowest BCUT2D eigenvalue weighted by atomic mass is 9.90. The van der Waals surface area contributed by atoms with Gasteiger partial charge in [0.15, 0.2) is 11.5 Å². The van der Waals surface area contributed by atoms with Crippen molar-refractivity contribution >= 4 is 74.6 Å². The normalized spacial score (nSPS) is 25.5. The Labute approximate surface area is 234 Å². The van der Waals surface area contributed by atoms with E-state index in [-0.39, 0.29) is 43.4 Å². The maximum Gasteiger partial charge on any atom is 0.378 e. The van der Waals surface area contributed by atoms with Crippen LogP contribution in [0.5, 0.6) is 0 Å². The molecule has 1 aromatic heterocycles. The van der Waals surface area contributed by atoms with Crippen molar-refractivity contribution in [2.75, 3.05) is 19.6 Å². The second-order valence-electron chi connectivity index (χ2n) is 9.42. The Morgan fingerprint density at radius 1 is 1.26 bits per heavy atom. The van der Waals surface area contributed by atoms with Gasteiger partial charge in [-0.1, -0.05) is 30.8 Å². The zero-order valence-corrected chi connectivity index (χ0v) is 22.9. The van der Waals surface area contributed by atoms with Crippen LogP contribution in [0.2, 0.25) is 0 Å². The molecule has 3 fully saturated rings. The number of hydrogen-bond donors (Lipinski definition) is 1. The molecule has 0 aliphatic carbocycles. The number of fused-ring (bicyclic) bond motifs is 1. The fourth-order valence-corrected chi connectivity index (χ4v) is 6.88. The fourth-order valence-electron chi connectivity index (χ4n) is 4.54. The molecular weight excluding hydrogens is 550 g/mol. The maximum absolute atomic E-state index is 13.4. The zero-order chi connectivity index (χ0) is 28.6. The van der Waals surface area contributed by atoms with Gasteiger partial charge in [0.05, 0.1) is 29.4 Å². The summed E-state index contributed by atoms with van der Waals surface area (Å²) in [5, 5.41) is 6.50. The summed E-state index contributed by atoms with van der Waals surface area (Å²) in [6, 6.07) is -0.614. The van der Waals surface area contributed by atoms with Gasteiger partial charge in [0.1, 0.15) is 5.69 Å². The third-order valence-corrected chi connectivity index (χ3v) is 9.10. The highest BCUT2D eigenvalue weighted by atomic mass is 32.2. The van der Waals surface area contributed by atoms with E-state index in [0.29, 0.717) is 5.01 Å². The van der Waals surface area contributed by atoms with E-state index in [1.54, 1.807) is 26.2 Å². The van der Waals surface area contributed by atoms with Crippen LogP contribution in [0, 0.1) is 18.8 Å². The number of ketones is 1. The number of oxime groups is 1. The molecule has 0 unspecified atom stereocenters. The lowest BCUT2D eigenvalue weighted by Crippen LogP contribution is -2.60. The van der Waals surface area contributed by atoms with E-state index in [9.17, 15) is 24.0 Å². The Bertz CT molecular complexity index is 1230. The number of Topliss-reactive ketones (excluding diaryl/α,β-unsaturated/α-hetero) is 1. The summed E-state index contributed by atoms with van der Waals surface area (Å²) in [5.74, 6) is 1.69. The molecule has 39 heavy (non-hydrogen) atoms. The number of amides is 3. The number of hydrazine groups is 1. The van der Waals surface area contributed by atoms with Crippen molar-refractivity contribution < 1.29 is 38.1 Å². The number of aromatic nitrogens is 1. The van der Waals surface area contributed by atoms with Crippen molar-refractivity contribution in [2.45, 2.75) is 43.5 Å². The Balaban J connectivity index is 1.56. The molecule has 4 radical (unpaired) electrons. The van der Waals surface area contributed by atoms with Gasteiger partial charge >= 0.3 is 34.1 Å². The smallest absolute Gasteiger partial charge is 0.378 e. The van der Waals surface area contributed by atoms with Gasteiger partial charge in [-0.05, 0) is 6.92 Å². The number of urea groups is 1. The van der Waals surface area contributed by atoms with Crippen LogP contribution in [0.4, 0.5) is 4.79 Å². The number of β-lactam (4-membered cyclic amide) rings is 1. The highest BCUT2D eigenvalue weighted by molar-refractivity contribution is 8.02. The average Bonchev–Trinajstić information content (AvgIpc) is 3.60. The van der Waals surface area contributed by atoms with Crippen LogP contribution in [0.25, 0.3) is 0 Å². The van der Waals surface area contributed by atoms with E-state index in [1.807, 2.05) is 0 Å².